The van der Waals surface area contributed by atoms with Crippen molar-refractivity contribution in [2.75, 3.05) is 19.0 Å². The third kappa shape index (κ3) is 4.05. The van der Waals surface area contributed by atoms with Gasteiger partial charge in [-0.2, -0.15) is 0 Å². The van der Waals surface area contributed by atoms with E-state index >= 15 is 0 Å². The number of aromatic nitrogens is 1. The molecule has 2 heterocycles. The quantitative estimate of drug-likeness (QED) is 0.362. The highest BCUT2D eigenvalue weighted by molar-refractivity contribution is 6.31. The summed E-state index contributed by atoms with van der Waals surface area (Å²) >= 11 is 6.29. The Bertz CT molecular complexity index is 1300. The molecule has 0 radical (unpaired) electrons. The number of hydrogen-bond acceptors (Lipinski definition) is 2. The first-order valence-electron chi connectivity index (χ1n) is 11.2. The van der Waals surface area contributed by atoms with Crippen molar-refractivity contribution in [1.82, 2.24) is 9.88 Å². The van der Waals surface area contributed by atoms with E-state index < -0.39 is 0 Å². The van der Waals surface area contributed by atoms with E-state index in [0.29, 0.717) is 11.6 Å². The van der Waals surface area contributed by atoms with Crippen molar-refractivity contribution in [3.8, 4) is 5.75 Å². The van der Waals surface area contributed by atoms with Gasteiger partial charge in [0.15, 0.2) is 0 Å². The van der Waals surface area contributed by atoms with Crippen LogP contribution in [0.4, 0.5) is 10.5 Å². The molecule has 5 nitrogen and oxygen atoms in total. The molecule has 2 amide bonds. The minimum Gasteiger partial charge on any atom is -0.497 e. The van der Waals surface area contributed by atoms with Crippen molar-refractivity contribution in [3.05, 3.63) is 94.1 Å². The number of urea groups is 1. The largest absolute Gasteiger partial charge is 0.497 e. The van der Waals surface area contributed by atoms with E-state index in [2.05, 4.69) is 17.2 Å². The average Bonchev–Trinajstić information content (AvgIpc) is 3.21. The Kier molecular flexibility index (Phi) is 5.73. The number of methoxy groups -OCH3 is 1. The first-order chi connectivity index (χ1) is 16.1. The second kappa shape index (κ2) is 8.83. The average molecular weight is 460 g/mol. The Hall–Kier alpha value is -3.44. The molecule has 1 aromatic heterocycles. The molecule has 3 aromatic carbocycles. The Morgan fingerprint density at radius 2 is 1.88 bits per heavy atom. The lowest BCUT2D eigenvalue weighted by Gasteiger charge is -2.36. The fraction of sp³-hybridized carbons (Fsp3) is 0.222. The van der Waals surface area contributed by atoms with Gasteiger partial charge < -0.3 is 19.9 Å². The maximum Gasteiger partial charge on any atom is 0.322 e. The van der Waals surface area contributed by atoms with Crippen LogP contribution in [-0.4, -0.2) is 29.6 Å². The Morgan fingerprint density at radius 1 is 1.12 bits per heavy atom. The van der Waals surface area contributed by atoms with Gasteiger partial charge in [0, 0.05) is 33.9 Å². The van der Waals surface area contributed by atoms with Crippen LogP contribution < -0.4 is 10.1 Å². The number of nitrogens with one attached hydrogen (secondary N) is 2. The maximum atomic E-state index is 13.5. The summed E-state index contributed by atoms with van der Waals surface area (Å²) in [6, 6.07) is 21.4. The molecule has 6 heteroatoms. The molecule has 0 saturated carbocycles. The van der Waals surface area contributed by atoms with E-state index in [9.17, 15) is 4.79 Å². The van der Waals surface area contributed by atoms with Crippen molar-refractivity contribution in [2.24, 2.45) is 0 Å². The first-order valence-corrected chi connectivity index (χ1v) is 11.6. The predicted molar refractivity (Wildman–Crippen MR) is 133 cm³/mol. The molecular formula is C27H26ClN3O2. The van der Waals surface area contributed by atoms with Gasteiger partial charge in [0.1, 0.15) is 5.75 Å². The molecule has 5 rings (SSSR count). The van der Waals surface area contributed by atoms with E-state index in [1.807, 2.05) is 71.6 Å². The second-order valence-electron chi connectivity index (χ2n) is 8.31. The van der Waals surface area contributed by atoms with Crippen LogP contribution in [0.5, 0.6) is 5.75 Å². The van der Waals surface area contributed by atoms with Crippen molar-refractivity contribution in [1.29, 1.82) is 0 Å². The molecule has 2 N–H and O–H groups in total. The monoisotopic (exact) mass is 459 g/mol. The first kappa shape index (κ1) is 21.4. The molecular weight excluding hydrogens is 434 g/mol. The molecule has 4 aromatic rings. The number of benzene rings is 3. The number of ether oxygens (including phenoxy) is 1. The van der Waals surface area contributed by atoms with E-state index in [0.717, 1.165) is 46.4 Å². The molecule has 0 saturated heterocycles. The Balaban J connectivity index is 1.54. The van der Waals surface area contributed by atoms with Gasteiger partial charge >= 0.3 is 6.03 Å². The van der Waals surface area contributed by atoms with Crippen molar-refractivity contribution < 1.29 is 9.53 Å². The second-order valence-corrected chi connectivity index (χ2v) is 8.74. The lowest BCUT2D eigenvalue weighted by molar-refractivity contribution is 0.193. The summed E-state index contributed by atoms with van der Waals surface area (Å²) in [4.78, 5) is 18.9. The van der Waals surface area contributed by atoms with Gasteiger partial charge in [0.2, 0.25) is 0 Å². The lowest BCUT2D eigenvalue weighted by Crippen LogP contribution is -2.43. The summed E-state index contributed by atoms with van der Waals surface area (Å²) in [5.41, 5.74) is 6.32. The van der Waals surface area contributed by atoms with Crippen molar-refractivity contribution in [2.45, 2.75) is 25.8 Å². The number of hydrogen-bond donors (Lipinski definition) is 2. The summed E-state index contributed by atoms with van der Waals surface area (Å²) in [6.07, 6.45) is 1.72. The summed E-state index contributed by atoms with van der Waals surface area (Å²) in [5.74, 6) is 0.783. The van der Waals surface area contributed by atoms with E-state index in [1.54, 1.807) is 7.11 Å². The zero-order valence-corrected chi connectivity index (χ0v) is 19.4. The highest BCUT2D eigenvalue weighted by atomic mass is 35.5. The summed E-state index contributed by atoms with van der Waals surface area (Å²) in [6.45, 7) is 2.72. The van der Waals surface area contributed by atoms with E-state index in [4.69, 9.17) is 16.3 Å². The maximum absolute atomic E-state index is 13.5. The van der Waals surface area contributed by atoms with Crippen LogP contribution in [0, 0.1) is 0 Å². The molecule has 33 heavy (non-hydrogen) atoms. The number of H-pyrrole nitrogens is 1. The highest BCUT2D eigenvalue weighted by Gasteiger charge is 2.34. The van der Waals surface area contributed by atoms with E-state index in [-0.39, 0.29) is 12.1 Å². The molecule has 1 atom stereocenters. The fourth-order valence-corrected chi connectivity index (χ4v) is 4.80. The Morgan fingerprint density at radius 3 is 2.58 bits per heavy atom. The van der Waals surface area contributed by atoms with Crippen LogP contribution >= 0.6 is 11.6 Å². The molecule has 0 aliphatic carbocycles. The normalized spacial score (nSPS) is 15.4. The number of nitrogens with zero attached hydrogens (tertiary/aromatic N) is 1. The number of rotatable bonds is 4. The highest BCUT2D eigenvalue weighted by Crippen LogP contribution is 2.39. The zero-order chi connectivity index (χ0) is 22.9. The number of amides is 2. The van der Waals surface area contributed by atoms with Gasteiger partial charge in [-0.15, -0.1) is 0 Å². The van der Waals surface area contributed by atoms with Gasteiger partial charge in [-0.1, -0.05) is 42.8 Å². The standard InChI is InChI=1S/C27H26ClN3O2/c1-3-17-4-9-20(10-5-17)29-27(32)31-15-14-22-23-16-19(28)8-13-24(23)30-25(22)26(31)18-6-11-21(33-2)12-7-18/h4-13,16,26,30H,3,14-15H2,1-2H3,(H,29,32)/t26-/m1/s1. The number of carbonyl (C=O) groups excluding carboxylic acids is 1. The summed E-state index contributed by atoms with van der Waals surface area (Å²) in [7, 11) is 1.65. The molecule has 168 valence electrons. The third-order valence-corrected chi connectivity index (χ3v) is 6.63. The molecule has 1 aliphatic heterocycles. The molecule has 0 bridgehead atoms. The number of halogens is 1. The van der Waals surface area contributed by atoms with Crippen molar-refractivity contribution in [3.63, 3.8) is 0 Å². The van der Waals surface area contributed by atoms with Gasteiger partial charge in [0.05, 0.1) is 13.2 Å². The fourth-order valence-electron chi connectivity index (χ4n) is 4.63. The minimum atomic E-state index is -0.249. The number of aryl methyl sites for hydroxylation is 1. The molecule has 0 fully saturated rings. The SMILES string of the molecule is CCc1ccc(NC(=O)N2CCc3c([nH]c4ccc(Cl)cc34)[C@H]2c2ccc(OC)cc2)cc1. The summed E-state index contributed by atoms with van der Waals surface area (Å²) < 4.78 is 5.34. The Labute approximate surface area is 198 Å². The van der Waals surface area contributed by atoms with Gasteiger partial charge in [-0.25, -0.2) is 4.79 Å². The van der Waals surface area contributed by atoms with Crippen LogP contribution in [-0.2, 0) is 12.8 Å². The molecule has 0 unspecified atom stereocenters. The van der Waals surface area contributed by atoms with Crippen LogP contribution in [0.1, 0.15) is 35.3 Å². The van der Waals surface area contributed by atoms with Crippen molar-refractivity contribution >= 4 is 34.2 Å². The number of anilines is 1. The molecule has 1 aliphatic rings. The predicted octanol–water partition coefficient (Wildman–Crippen LogP) is 6.57. The van der Waals surface area contributed by atoms with E-state index in [1.165, 1.54) is 11.1 Å². The lowest BCUT2D eigenvalue weighted by atomic mass is 9.92. The number of carbonyl (C=O) groups is 1. The van der Waals surface area contributed by atoms with Gasteiger partial charge in [0.25, 0.3) is 0 Å². The smallest absolute Gasteiger partial charge is 0.322 e. The van der Waals surface area contributed by atoms with Crippen LogP contribution in [0.2, 0.25) is 5.02 Å². The topological polar surface area (TPSA) is 57.4 Å². The summed E-state index contributed by atoms with van der Waals surface area (Å²) in [5, 5.41) is 4.91. The van der Waals surface area contributed by atoms with Crippen LogP contribution in [0.3, 0.4) is 0 Å². The van der Waals surface area contributed by atoms with Crippen LogP contribution in [0.25, 0.3) is 10.9 Å². The minimum absolute atomic E-state index is 0.123. The number of aromatic amines is 1. The number of fused-ring (bicyclic) bond motifs is 3. The van der Waals surface area contributed by atoms with Crippen LogP contribution in [0.15, 0.2) is 66.7 Å². The molecule has 0 spiro atoms. The van der Waals surface area contributed by atoms with Gasteiger partial charge in [-0.05, 0) is 72.0 Å². The zero-order valence-electron chi connectivity index (χ0n) is 18.7. The third-order valence-electron chi connectivity index (χ3n) is 6.39. The van der Waals surface area contributed by atoms with Gasteiger partial charge in [-0.3, -0.25) is 0 Å².